The van der Waals surface area contributed by atoms with Crippen molar-refractivity contribution in [1.82, 2.24) is 10.2 Å². The van der Waals surface area contributed by atoms with E-state index in [4.69, 9.17) is 9.84 Å². The highest BCUT2D eigenvalue weighted by Gasteiger charge is 2.21. The highest BCUT2D eigenvalue weighted by atomic mass is 16.5. The molecule has 1 unspecified atom stereocenters. The van der Waals surface area contributed by atoms with Gasteiger partial charge in [-0.05, 0) is 52.1 Å². The molecule has 0 radical (unpaired) electrons. The van der Waals surface area contributed by atoms with Gasteiger partial charge in [0.25, 0.3) is 0 Å². The average molecular weight is 258 g/mol. The molecular weight excluding hydrogens is 232 g/mol. The lowest BCUT2D eigenvalue weighted by atomic mass is 10.1. The van der Waals surface area contributed by atoms with Crippen LogP contribution >= 0.6 is 0 Å². The second kappa shape index (κ2) is 9.16. The number of nitrogens with one attached hydrogen (secondary N) is 1. The van der Waals surface area contributed by atoms with E-state index in [0.717, 1.165) is 51.7 Å². The van der Waals surface area contributed by atoms with Gasteiger partial charge in [0.15, 0.2) is 0 Å². The van der Waals surface area contributed by atoms with Crippen LogP contribution in [0.25, 0.3) is 0 Å². The molecule has 1 aliphatic heterocycles. The van der Waals surface area contributed by atoms with Crippen LogP contribution in [0.15, 0.2) is 0 Å². The van der Waals surface area contributed by atoms with Crippen LogP contribution in [0.4, 0.5) is 4.79 Å². The molecule has 0 aromatic heterocycles. The Bertz CT molecular complexity index is 236. The number of unbranched alkanes of at least 4 members (excludes halogenated alkanes) is 2. The van der Waals surface area contributed by atoms with E-state index in [1.807, 2.05) is 6.92 Å². The van der Waals surface area contributed by atoms with Crippen molar-refractivity contribution in [2.75, 3.05) is 32.8 Å². The number of amides is 1. The SMILES string of the molecule is CCOC(=O)NC1CCCN(CCCCCO)C1. The predicted molar refractivity (Wildman–Crippen MR) is 70.6 cm³/mol. The minimum Gasteiger partial charge on any atom is -0.450 e. The molecule has 0 aromatic carbocycles. The third-order valence-corrected chi connectivity index (χ3v) is 3.24. The number of hydrogen-bond donors (Lipinski definition) is 2. The van der Waals surface area contributed by atoms with Gasteiger partial charge < -0.3 is 20.1 Å². The predicted octanol–water partition coefficient (Wildman–Crippen LogP) is 1.36. The summed E-state index contributed by atoms with van der Waals surface area (Å²) in [7, 11) is 0. The molecule has 2 N–H and O–H groups in total. The Labute approximate surface area is 109 Å². The number of carbonyl (C=O) groups excluding carboxylic acids is 1. The maximum atomic E-state index is 11.3. The van der Waals surface area contributed by atoms with E-state index in [1.165, 1.54) is 0 Å². The number of aliphatic hydroxyl groups is 1. The van der Waals surface area contributed by atoms with Crippen LogP contribution in [0.3, 0.4) is 0 Å². The number of carbonyl (C=O) groups is 1. The van der Waals surface area contributed by atoms with Crippen molar-refractivity contribution in [3.05, 3.63) is 0 Å². The molecule has 0 spiro atoms. The summed E-state index contributed by atoms with van der Waals surface area (Å²) in [6.45, 7) is 5.60. The van der Waals surface area contributed by atoms with Gasteiger partial charge >= 0.3 is 6.09 Å². The molecule has 1 heterocycles. The summed E-state index contributed by atoms with van der Waals surface area (Å²) in [4.78, 5) is 13.7. The van der Waals surface area contributed by atoms with Crippen molar-refractivity contribution >= 4 is 6.09 Å². The van der Waals surface area contributed by atoms with Crippen molar-refractivity contribution in [2.45, 2.75) is 45.1 Å². The maximum Gasteiger partial charge on any atom is 0.407 e. The maximum absolute atomic E-state index is 11.3. The van der Waals surface area contributed by atoms with Gasteiger partial charge in [-0.25, -0.2) is 4.79 Å². The molecule has 1 aliphatic rings. The number of rotatable bonds is 7. The van der Waals surface area contributed by atoms with Gasteiger partial charge in [-0.1, -0.05) is 0 Å². The first-order valence-electron chi connectivity index (χ1n) is 7.02. The molecule has 1 atom stereocenters. The van der Waals surface area contributed by atoms with Crippen LogP contribution in [0.5, 0.6) is 0 Å². The van der Waals surface area contributed by atoms with E-state index in [1.54, 1.807) is 0 Å². The van der Waals surface area contributed by atoms with E-state index in [9.17, 15) is 4.79 Å². The quantitative estimate of drug-likeness (QED) is 0.677. The fourth-order valence-corrected chi connectivity index (χ4v) is 2.34. The fraction of sp³-hybridized carbons (Fsp3) is 0.923. The molecule has 0 aliphatic carbocycles. The molecule has 18 heavy (non-hydrogen) atoms. The Morgan fingerprint density at radius 1 is 1.44 bits per heavy atom. The number of nitrogens with zero attached hydrogens (tertiary/aromatic N) is 1. The lowest BCUT2D eigenvalue weighted by Gasteiger charge is -2.32. The second-order valence-electron chi connectivity index (χ2n) is 4.79. The monoisotopic (exact) mass is 258 g/mol. The lowest BCUT2D eigenvalue weighted by molar-refractivity contribution is 0.133. The molecule has 0 saturated carbocycles. The number of ether oxygens (including phenoxy) is 1. The summed E-state index contributed by atoms with van der Waals surface area (Å²) < 4.78 is 4.90. The molecular formula is C13H26N2O3. The zero-order chi connectivity index (χ0) is 13.2. The van der Waals surface area contributed by atoms with Crippen molar-refractivity contribution in [1.29, 1.82) is 0 Å². The first-order valence-corrected chi connectivity index (χ1v) is 7.02. The number of likely N-dealkylation sites (tertiary alicyclic amines) is 1. The molecule has 0 aromatic rings. The number of aliphatic hydroxyl groups excluding tert-OH is 1. The van der Waals surface area contributed by atoms with Gasteiger partial charge in [-0.15, -0.1) is 0 Å². The zero-order valence-electron chi connectivity index (χ0n) is 11.4. The molecule has 1 amide bonds. The van der Waals surface area contributed by atoms with E-state index in [2.05, 4.69) is 10.2 Å². The van der Waals surface area contributed by atoms with Gasteiger partial charge in [0.2, 0.25) is 0 Å². The number of hydrogen-bond acceptors (Lipinski definition) is 4. The molecule has 1 rings (SSSR count). The van der Waals surface area contributed by atoms with Gasteiger partial charge in [-0.3, -0.25) is 0 Å². The van der Waals surface area contributed by atoms with Crippen LogP contribution in [0.2, 0.25) is 0 Å². The van der Waals surface area contributed by atoms with Crippen molar-refractivity contribution in [2.24, 2.45) is 0 Å². The minimum absolute atomic E-state index is 0.218. The average Bonchev–Trinajstić information content (AvgIpc) is 2.35. The Balaban J connectivity index is 2.17. The van der Waals surface area contributed by atoms with Crippen molar-refractivity contribution < 1.29 is 14.6 Å². The molecule has 0 bridgehead atoms. The first-order chi connectivity index (χ1) is 8.76. The van der Waals surface area contributed by atoms with E-state index in [-0.39, 0.29) is 18.7 Å². The van der Waals surface area contributed by atoms with Gasteiger partial charge in [-0.2, -0.15) is 0 Å². The summed E-state index contributed by atoms with van der Waals surface area (Å²) >= 11 is 0. The molecule has 5 heteroatoms. The summed E-state index contributed by atoms with van der Waals surface area (Å²) in [5.41, 5.74) is 0. The fourth-order valence-electron chi connectivity index (χ4n) is 2.34. The van der Waals surface area contributed by atoms with E-state index < -0.39 is 0 Å². The number of piperidine rings is 1. The summed E-state index contributed by atoms with van der Waals surface area (Å²) in [6.07, 6.45) is 4.93. The Morgan fingerprint density at radius 2 is 2.28 bits per heavy atom. The number of alkyl carbamates (subject to hydrolysis) is 1. The zero-order valence-corrected chi connectivity index (χ0v) is 11.4. The van der Waals surface area contributed by atoms with Crippen molar-refractivity contribution in [3.63, 3.8) is 0 Å². The largest absolute Gasteiger partial charge is 0.450 e. The summed E-state index contributed by atoms with van der Waals surface area (Å²) in [5.74, 6) is 0. The van der Waals surface area contributed by atoms with E-state index >= 15 is 0 Å². The van der Waals surface area contributed by atoms with Crippen LogP contribution in [-0.2, 0) is 4.74 Å². The molecule has 5 nitrogen and oxygen atoms in total. The van der Waals surface area contributed by atoms with Gasteiger partial charge in [0.1, 0.15) is 0 Å². The normalized spacial score (nSPS) is 20.7. The molecule has 1 fully saturated rings. The first kappa shape index (κ1) is 15.2. The molecule has 106 valence electrons. The Morgan fingerprint density at radius 3 is 3.00 bits per heavy atom. The summed E-state index contributed by atoms with van der Waals surface area (Å²) in [5, 5.41) is 11.6. The third kappa shape index (κ3) is 6.21. The van der Waals surface area contributed by atoms with Crippen LogP contribution in [-0.4, -0.2) is 55.0 Å². The Hall–Kier alpha value is -0.810. The van der Waals surface area contributed by atoms with Gasteiger partial charge in [0.05, 0.1) is 6.61 Å². The Kier molecular flexibility index (Phi) is 7.76. The topological polar surface area (TPSA) is 61.8 Å². The van der Waals surface area contributed by atoms with Gasteiger partial charge in [0, 0.05) is 19.2 Å². The lowest BCUT2D eigenvalue weighted by Crippen LogP contribution is -2.48. The van der Waals surface area contributed by atoms with Crippen LogP contribution in [0, 0.1) is 0 Å². The van der Waals surface area contributed by atoms with Crippen LogP contribution < -0.4 is 5.32 Å². The highest BCUT2D eigenvalue weighted by Crippen LogP contribution is 2.11. The van der Waals surface area contributed by atoms with Crippen molar-refractivity contribution in [3.8, 4) is 0 Å². The summed E-state index contributed by atoms with van der Waals surface area (Å²) in [6, 6.07) is 0.218. The smallest absolute Gasteiger partial charge is 0.407 e. The van der Waals surface area contributed by atoms with Crippen LogP contribution in [0.1, 0.15) is 39.0 Å². The second-order valence-corrected chi connectivity index (χ2v) is 4.79. The minimum atomic E-state index is -0.301. The third-order valence-electron chi connectivity index (χ3n) is 3.24. The van der Waals surface area contributed by atoms with E-state index in [0.29, 0.717) is 6.61 Å². The standard InChI is InChI=1S/C13H26N2O3/c1-2-18-13(17)14-12-7-6-9-15(11-12)8-4-3-5-10-16/h12,16H,2-11H2,1H3,(H,14,17). The molecule has 1 saturated heterocycles. The highest BCUT2D eigenvalue weighted by molar-refractivity contribution is 5.67.